The van der Waals surface area contributed by atoms with E-state index in [2.05, 4.69) is 10.3 Å². The van der Waals surface area contributed by atoms with Gasteiger partial charge in [-0.05, 0) is 12.0 Å². The third kappa shape index (κ3) is 2.32. The Morgan fingerprint density at radius 2 is 2.15 bits per heavy atom. The molecule has 0 aliphatic carbocycles. The maximum Gasteiger partial charge on any atom is 0.307 e. The molecule has 1 aromatic carbocycles. The first kappa shape index (κ1) is 12.9. The summed E-state index contributed by atoms with van der Waals surface area (Å²) in [5.41, 5.74) is 2.20. The highest BCUT2D eigenvalue weighted by molar-refractivity contribution is 5.70. The molecule has 2 aromatic rings. The molecule has 1 saturated heterocycles. The number of aliphatic carboxylic acids is 1. The predicted molar refractivity (Wildman–Crippen MR) is 75.1 cm³/mol. The summed E-state index contributed by atoms with van der Waals surface area (Å²) in [6.07, 6.45) is 4.34. The molecule has 104 valence electrons. The monoisotopic (exact) mass is 271 g/mol. The number of carboxylic acids is 1. The molecule has 2 atom stereocenters. The van der Waals surface area contributed by atoms with Crippen LogP contribution < -0.4 is 5.32 Å². The van der Waals surface area contributed by atoms with Gasteiger partial charge >= 0.3 is 5.97 Å². The fourth-order valence-electron chi connectivity index (χ4n) is 2.69. The minimum Gasteiger partial charge on any atom is -0.481 e. The molecule has 0 saturated carbocycles. The van der Waals surface area contributed by atoms with Crippen molar-refractivity contribution in [2.24, 2.45) is 13.0 Å². The van der Waals surface area contributed by atoms with Gasteiger partial charge in [0.15, 0.2) is 0 Å². The molecule has 1 fully saturated rings. The first-order chi connectivity index (χ1) is 9.65. The lowest BCUT2D eigenvalue weighted by molar-refractivity contribution is -0.141. The van der Waals surface area contributed by atoms with Crippen molar-refractivity contribution in [1.82, 2.24) is 14.9 Å². The number of carbonyl (C=O) groups is 1. The first-order valence-electron chi connectivity index (χ1n) is 6.69. The third-order valence-electron chi connectivity index (χ3n) is 3.87. The number of aromatic nitrogens is 2. The van der Waals surface area contributed by atoms with Gasteiger partial charge in [-0.1, -0.05) is 24.3 Å². The highest BCUT2D eigenvalue weighted by atomic mass is 16.4. The van der Waals surface area contributed by atoms with Gasteiger partial charge in [-0.3, -0.25) is 4.79 Å². The SMILES string of the molecule is Cn1ccnc1-c1ccc(C2CC(C(=O)O)CN2)cc1. The van der Waals surface area contributed by atoms with Crippen molar-refractivity contribution in [2.75, 3.05) is 6.54 Å². The average molecular weight is 271 g/mol. The van der Waals surface area contributed by atoms with E-state index in [9.17, 15) is 4.79 Å². The second-order valence-electron chi connectivity index (χ2n) is 5.22. The molecule has 1 aromatic heterocycles. The van der Waals surface area contributed by atoms with E-state index in [1.807, 2.05) is 42.1 Å². The summed E-state index contributed by atoms with van der Waals surface area (Å²) in [7, 11) is 1.96. The van der Waals surface area contributed by atoms with E-state index >= 15 is 0 Å². The molecule has 0 amide bonds. The Morgan fingerprint density at radius 3 is 2.70 bits per heavy atom. The molecule has 0 radical (unpaired) electrons. The fraction of sp³-hybridized carbons (Fsp3) is 0.333. The number of aryl methyl sites for hydroxylation is 1. The first-order valence-corrected chi connectivity index (χ1v) is 6.69. The second kappa shape index (κ2) is 5.09. The number of rotatable bonds is 3. The van der Waals surface area contributed by atoms with Gasteiger partial charge < -0.3 is 15.0 Å². The molecule has 1 aliphatic heterocycles. The van der Waals surface area contributed by atoms with Crippen LogP contribution in [-0.2, 0) is 11.8 Å². The Kier molecular flexibility index (Phi) is 3.28. The van der Waals surface area contributed by atoms with Crippen LogP contribution in [0.2, 0.25) is 0 Å². The van der Waals surface area contributed by atoms with Gasteiger partial charge in [0.25, 0.3) is 0 Å². The maximum atomic E-state index is 11.0. The van der Waals surface area contributed by atoms with Crippen LogP contribution in [0.4, 0.5) is 0 Å². The van der Waals surface area contributed by atoms with Crippen LogP contribution in [0, 0.1) is 5.92 Å². The Morgan fingerprint density at radius 1 is 1.40 bits per heavy atom. The molecule has 5 heteroatoms. The number of hydrogen-bond donors (Lipinski definition) is 2. The largest absolute Gasteiger partial charge is 0.481 e. The smallest absolute Gasteiger partial charge is 0.307 e. The third-order valence-corrected chi connectivity index (χ3v) is 3.87. The Bertz CT molecular complexity index is 618. The summed E-state index contributed by atoms with van der Waals surface area (Å²) < 4.78 is 1.98. The van der Waals surface area contributed by atoms with Gasteiger partial charge in [0.1, 0.15) is 5.82 Å². The molecule has 1 aliphatic rings. The number of imidazole rings is 1. The molecule has 2 heterocycles. The van der Waals surface area contributed by atoms with Crippen LogP contribution in [0.15, 0.2) is 36.7 Å². The van der Waals surface area contributed by atoms with E-state index in [4.69, 9.17) is 5.11 Å². The van der Waals surface area contributed by atoms with Gasteiger partial charge in [-0.15, -0.1) is 0 Å². The minimum atomic E-state index is -0.718. The Labute approximate surface area is 117 Å². The van der Waals surface area contributed by atoms with E-state index in [1.165, 1.54) is 0 Å². The summed E-state index contributed by atoms with van der Waals surface area (Å²) >= 11 is 0. The zero-order valence-corrected chi connectivity index (χ0v) is 11.3. The number of nitrogens with zero attached hydrogens (tertiary/aromatic N) is 2. The predicted octanol–water partition coefficient (Wildman–Crippen LogP) is 1.82. The van der Waals surface area contributed by atoms with E-state index in [1.54, 1.807) is 6.20 Å². The molecule has 0 bridgehead atoms. The van der Waals surface area contributed by atoms with Crippen molar-refractivity contribution in [2.45, 2.75) is 12.5 Å². The minimum absolute atomic E-state index is 0.131. The van der Waals surface area contributed by atoms with E-state index in [0.29, 0.717) is 13.0 Å². The lowest BCUT2D eigenvalue weighted by atomic mass is 9.99. The van der Waals surface area contributed by atoms with Gasteiger partial charge in [0, 0.05) is 37.6 Å². The standard InChI is InChI=1S/C15H17N3O2/c1-18-7-6-16-14(18)11-4-2-10(3-5-11)13-8-12(9-17-13)15(19)20/h2-7,12-13,17H,8-9H2,1H3,(H,19,20). The number of nitrogens with one attached hydrogen (secondary N) is 1. The summed E-state index contributed by atoms with van der Waals surface area (Å²) in [6.45, 7) is 0.543. The van der Waals surface area contributed by atoms with Gasteiger partial charge in [0.2, 0.25) is 0 Å². The van der Waals surface area contributed by atoms with Crippen molar-refractivity contribution in [1.29, 1.82) is 0 Å². The number of hydrogen-bond acceptors (Lipinski definition) is 3. The maximum absolute atomic E-state index is 11.0. The van der Waals surface area contributed by atoms with Crippen molar-refractivity contribution >= 4 is 5.97 Å². The summed E-state index contributed by atoms with van der Waals surface area (Å²) in [6, 6.07) is 8.30. The number of benzene rings is 1. The van der Waals surface area contributed by atoms with Gasteiger partial charge in [-0.2, -0.15) is 0 Å². The molecule has 0 spiro atoms. The van der Waals surface area contributed by atoms with E-state index in [0.717, 1.165) is 17.0 Å². The highest BCUT2D eigenvalue weighted by Crippen LogP contribution is 2.28. The summed E-state index contributed by atoms with van der Waals surface area (Å²) in [4.78, 5) is 15.3. The lowest BCUT2D eigenvalue weighted by Gasteiger charge is -2.11. The quantitative estimate of drug-likeness (QED) is 0.893. The Hall–Kier alpha value is -2.14. The Balaban J connectivity index is 1.77. The van der Waals surface area contributed by atoms with E-state index < -0.39 is 5.97 Å². The highest BCUT2D eigenvalue weighted by Gasteiger charge is 2.29. The van der Waals surface area contributed by atoms with Gasteiger partial charge in [0.05, 0.1) is 5.92 Å². The van der Waals surface area contributed by atoms with Crippen LogP contribution in [0.3, 0.4) is 0 Å². The molecule has 2 N–H and O–H groups in total. The second-order valence-corrected chi connectivity index (χ2v) is 5.22. The number of carboxylic acid groups (broad SMARTS) is 1. The van der Waals surface area contributed by atoms with Crippen molar-refractivity contribution in [3.05, 3.63) is 42.2 Å². The van der Waals surface area contributed by atoms with Crippen molar-refractivity contribution in [3.63, 3.8) is 0 Å². The van der Waals surface area contributed by atoms with Crippen LogP contribution in [0.25, 0.3) is 11.4 Å². The molecule has 3 rings (SSSR count). The molecule has 20 heavy (non-hydrogen) atoms. The van der Waals surface area contributed by atoms with Crippen LogP contribution in [-0.4, -0.2) is 27.2 Å². The molecular weight excluding hydrogens is 254 g/mol. The van der Waals surface area contributed by atoms with Crippen molar-refractivity contribution in [3.8, 4) is 11.4 Å². The van der Waals surface area contributed by atoms with Crippen LogP contribution >= 0.6 is 0 Å². The van der Waals surface area contributed by atoms with Crippen molar-refractivity contribution < 1.29 is 9.90 Å². The molecule has 2 unspecified atom stereocenters. The summed E-state index contributed by atoms with van der Waals surface area (Å²) in [5, 5.41) is 12.3. The normalized spacial score (nSPS) is 22.1. The average Bonchev–Trinajstić information content (AvgIpc) is 3.07. The van der Waals surface area contributed by atoms with Crippen LogP contribution in [0.5, 0.6) is 0 Å². The zero-order valence-electron chi connectivity index (χ0n) is 11.3. The topological polar surface area (TPSA) is 67.2 Å². The fourth-order valence-corrected chi connectivity index (χ4v) is 2.69. The van der Waals surface area contributed by atoms with Gasteiger partial charge in [-0.25, -0.2) is 4.98 Å². The van der Waals surface area contributed by atoms with E-state index in [-0.39, 0.29) is 12.0 Å². The van der Waals surface area contributed by atoms with Crippen LogP contribution in [0.1, 0.15) is 18.0 Å². The lowest BCUT2D eigenvalue weighted by Crippen LogP contribution is -2.17. The molecular formula is C15H17N3O2. The summed E-state index contributed by atoms with van der Waals surface area (Å²) in [5.74, 6) is -0.0711. The zero-order chi connectivity index (χ0) is 14.1. The molecule has 5 nitrogen and oxygen atoms in total.